The van der Waals surface area contributed by atoms with E-state index < -0.39 is 9.84 Å². The van der Waals surface area contributed by atoms with Crippen molar-refractivity contribution in [2.75, 3.05) is 13.3 Å². The van der Waals surface area contributed by atoms with Crippen molar-refractivity contribution in [2.24, 2.45) is 5.92 Å². The van der Waals surface area contributed by atoms with Crippen molar-refractivity contribution >= 4 is 9.84 Å². The molecule has 1 fully saturated rings. The molecule has 1 rings (SSSR count). The predicted octanol–water partition coefficient (Wildman–Crippen LogP) is 1.98. The molecule has 0 radical (unpaired) electrons. The Bertz CT molecular complexity index is 294. The minimum absolute atomic E-state index is 0.109. The van der Waals surface area contributed by atoms with Crippen LogP contribution in [0.4, 0.5) is 0 Å². The molecular formula is C12H25NO2S. The summed E-state index contributed by atoms with van der Waals surface area (Å²) in [4.78, 5) is 0. The Morgan fingerprint density at radius 1 is 1.25 bits per heavy atom. The van der Waals surface area contributed by atoms with Crippen LogP contribution >= 0.6 is 0 Å². The van der Waals surface area contributed by atoms with Gasteiger partial charge in [0.1, 0.15) is 0 Å². The quantitative estimate of drug-likeness (QED) is 0.808. The second-order valence-corrected chi connectivity index (χ2v) is 7.57. The van der Waals surface area contributed by atoms with E-state index in [9.17, 15) is 8.42 Å². The fourth-order valence-corrected chi connectivity index (χ4v) is 3.47. The summed E-state index contributed by atoms with van der Waals surface area (Å²) in [6.07, 6.45) is 8.86. The topological polar surface area (TPSA) is 46.2 Å². The molecule has 0 aliphatic heterocycles. The smallest absolute Gasteiger partial charge is 0.151 e. The van der Waals surface area contributed by atoms with Gasteiger partial charge in [-0.05, 0) is 26.3 Å². The minimum Gasteiger partial charge on any atom is -0.316 e. The van der Waals surface area contributed by atoms with Crippen LogP contribution < -0.4 is 5.32 Å². The number of hydrogen-bond donors (Lipinski definition) is 1. The second kappa shape index (κ2) is 6.01. The Kier molecular flexibility index (Phi) is 5.25. The Morgan fingerprint density at radius 3 is 2.25 bits per heavy atom. The lowest BCUT2D eigenvalue weighted by Gasteiger charge is -2.29. The highest BCUT2D eigenvalue weighted by Gasteiger charge is 2.27. The summed E-state index contributed by atoms with van der Waals surface area (Å²) in [5.41, 5.74) is 0. The molecule has 0 bridgehead atoms. The van der Waals surface area contributed by atoms with Crippen LogP contribution in [0.3, 0.4) is 0 Å². The first-order chi connectivity index (χ1) is 7.45. The molecule has 2 unspecified atom stereocenters. The summed E-state index contributed by atoms with van der Waals surface area (Å²) in [5, 5.41) is 2.90. The molecule has 0 amide bonds. The summed E-state index contributed by atoms with van der Waals surface area (Å²) >= 11 is 0. The normalized spacial score (nSPS) is 22.9. The van der Waals surface area contributed by atoms with Gasteiger partial charge in [-0.25, -0.2) is 8.42 Å². The molecule has 0 aromatic carbocycles. The van der Waals surface area contributed by atoms with E-state index >= 15 is 0 Å². The maximum Gasteiger partial charge on any atom is 0.151 e. The van der Waals surface area contributed by atoms with Crippen molar-refractivity contribution in [1.29, 1.82) is 0 Å². The SMILES string of the molecule is CNC(CC1CCCCC1)C(C)S(C)(=O)=O. The molecule has 0 saturated heterocycles. The van der Waals surface area contributed by atoms with Crippen LogP contribution in [-0.4, -0.2) is 33.0 Å². The predicted molar refractivity (Wildman–Crippen MR) is 68.3 cm³/mol. The van der Waals surface area contributed by atoms with Gasteiger partial charge in [-0.1, -0.05) is 32.1 Å². The zero-order chi connectivity index (χ0) is 12.2. The Balaban J connectivity index is 2.53. The first kappa shape index (κ1) is 14.0. The molecule has 4 heteroatoms. The monoisotopic (exact) mass is 247 g/mol. The van der Waals surface area contributed by atoms with Crippen LogP contribution in [-0.2, 0) is 9.84 Å². The van der Waals surface area contributed by atoms with Gasteiger partial charge in [0.25, 0.3) is 0 Å². The summed E-state index contributed by atoms with van der Waals surface area (Å²) < 4.78 is 23.1. The molecule has 1 aliphatic carbocycles. The summed E-state index contributed by atoms with van der Waals surface area (Å²) in [6.45, 7) is 1.82. The maximum absolute atomic E-state index is 11.5. The molecule has 0 heterocycles. The minimum atomic E-state index is -2.93. The largest absolute Gasteiger partial charge is 0.316 e. The van der Waals surface area contributed by atoms with Crippen LogP contribution in [0.25, 0.3) is 0 Å². The van der Waals surface area contributed by atoms with Crippen LogP contribution in [0.5, 0.6) is 0 Å². The lowest BCUT2D eigenvalue weighted by Crippen LogP contribution is -2.41. The molecule has 3 nitrogen and oxygen atoms in total. The third-order valence-electron chi connectivity index (χ3n) is 3.92. The molecule has 2 atom stereocenters. The highest BCUT2D eigenvalue weighted by molar-refractivity contribution is 7.91. The molecule has 1 aliphatic rings. The van der Waals surface area contributed by atoms with Crippen molar-refractivity contribution in [2.45, 2.75) is 56.7 Å². The number of sulfone groups is 1. The second-order valence-electron chi connectivity index (χ2n) is 5.17. The van der Waals surface area contributed by atoms with E-state index in [0.29, 0.717) is 0 Å². The third-order valence-corrected chi connectivity index (χ3v) is 5.60. The lowest BCUT2D eigenvalue weighted by atomic mass is 9.84. The van der Waals surface area contributed by atoms with Crippen molar-refractivity contribution in [3.8, 4) is 0 Å². The van der Waals surface area contributed by atoms with E-state index in [4.69, 9.17) is 0 Å². The van der Waals surface area contributed by atoms with Gasteiger partial charge in [0.15, 0.2) is 9.84 Å². The standard InChI is InChI=1S/C12H25NO2S/c1-10(16(3,14)15)12(13-2)9-11-7-5-4-6-8-11/h10-13H,4-9H2,1-3H3. The maximum atomic E-state index is 11.5. The zero-order valence-electron chi connectivity index (χ0n) is 10.7. The van der Waals surface area contributed by atoms with E-state index in [2.05, 4.69) is 5.32 Å². The molecule has 0 spiro atoms. The molecule has 0 aromatic rings. The first-order valence-corrected chi connectivity index (χ1v) is 8.26. The van der Waals surface area contributed by atoms with Crippen molar-refractivity contribution in [3.63, 3.8) is 0 Å². The summed E-state index contributed by atoms with van der Waals surface area (Å²) in [6, 6.07) is 0.109. The van der Waals surface area contributed by atoms with Gasteiger partial charge in [0, 0.05) is 12.3 Å². The number of hydrogen-bond acceptors (Lipinski definition) is 3. The Morgan fingerprint density at radius 2 is 1.81 bits per heavy atom. The van der Waals surface area contributed by atoms with Crippen molar-refractivity contribution in [1.82, 2.24) is 5.32 Å². The average Bonchev–Trinajstić information content (AvgIpc) is 2.25. The highest BCUT2D eigenvalue weighted by Crippen LogP contribution is 2.28. The van der Waals surface area contributed by atoms with Gasteiger partial charge in [-0.2, -0.15) is 0 Å². The Labute approximate surface area is 99.9 Å². The lowest BCUT2D eigenvalue weighted by molar-refractivity contribution is 0.301. The van der Waals surface area contributed by atoms with Gasteiger partial charge >= 0.3 is 0 Å². The summed E-state index contributed by atoms with van der Waals surface area (Å²) in [5.74, 6) is 0.718. The van der Waals surface area contributed by atoms with E-state index in [1.165, 1.54) is 38.4 Å². The van der Waals surface area contributed by atoms with E-state index in [1.807, 2.05) is 14.0 Å². The zero-order valence-corrected chi connectivity index (χ0v) is 11.5. The van der Waals surface area contributed by atoms with Crippen LogP contribution in [0, 0.1) is 5.92 Å². The first-order valence-electron chi connectivity index (χ1n) is 6.31. The van der Waals surface area contributed by atoms with Crippen molar-refractivity contribution in [3.05, 3.63) is 0 Å². The van der Waals surface area contributed by atoms with Gasteiger partial charge in [-0.3, -0.25) is 0 Å². The molecule has 1 N–H and O–H groups in total. The third kappa shape index (κ3) is 4.06. The highest BCUT2D eigenvalue weighted by atomic mass is 32.2. The molecule has 1 saturated carbocycles. The van der Waals surface area contributed by atoms with Gasteiger partial charge in [-0.15, -0.1) is 0 Å². The van der Waals surface area contributed by atoms with Crippen LogP contribution in [0.2, 0.25) is 0 Å². The van der Waals surface area contributed by atoms with E-state index in [0.717, 1.165) is 12.3 Å². The fourth-order valence-electron chi connectivity index (χ4n) is 2.62. The van der Waals surface area contributed by atoms with Crippen LogP contribution in [0.1, 0.15) is 45.4 Å². The molecule has 16 heavy (non-hydrogen) atoms. The Hall–Kier alpha value is -0.0900. The summed E-state index contributed by atoms with van der Waals surface area (Å²) in [7, 11) is -1.06. The van der Waals surface area contributed by atoms with Crippen molar-refractivity contribution < 1.29 is 8.42 Å². The molecular weight excluding hydrogens is 222 g/mol. The van der Waals surface area contributed by atoms with E-state index in [-0.39, 0.29) is 11.3 Å². The number of rotatable bonds is 5. The molecule has 96 valence electrons. The van der Waals surface area contributed by atoms with Crippen LogP contribution in [0.15, 0.2) is 0 Å². The fraction of sp³-hybridized carbons (Fsp3) is 1.00. The van der Waals surface area contributed by atoms with Gasteiger partial charge in [0.2, 0.25) is 0 Å². The van der Waals surface area contributed by atoms with Gasteiger partial charge < -0.3 is 5.32 Å². The van der Waals surface area contributed by atoms with E-state index in [1.54, 1.807) is 0 Å². The average molecular weight is 247 g/mol. The molecule has 0 aromatic heterocycles. The number of nitrogens with one attached hydrogen (secondary N) is 1. The van der Waals surface area contributed by atoms with Gasteiger partial charge in [0.05, 0.1) is 5.25 Å².